The van der Waals surface area contributed by atoms with Crippen LogP contribution < -0.4 is 0 Å². The summed E-state index contributed by atoms with van der Waals surface area (Å²) >= 11 is 0. The van der Waals surface area contributed by atoms with Crippen molar-refractivity contribution in [2.75, 3.05) is 26.3 Å². The normalized spacial score (nSPS) is 16.4. The smallest absolute Gasteiger partial charge is 0.227 e. The second kappa shape index (κ2) is 4.94. The first-order chi connectivity index (χ1) is 7.36. The molecular formula is C12H14NO2. The topological polar surface area (TPSA) is 29.5 Å². The SMILES string of the molecule is O=C(Cc1[c]cccc1)N1CCOCC1. The van der Waals surface area contributed by atoms with E-state index in [1.807, 2.05) is 29.2 Å². The fourth-order valence-electron chi connectivity index (χ4n) is 1.63. The maximum atomic E-state index is 11.8. The quantitative estimate of drug-likeness (QED) is 0.716. The third-order valence-electron chi connectivity index (χ3n) is 2.48. The van der Waals surface area contributed by atoms with Gasteiger partial charge in [0, 0.05) is 13.1 Å². The van der Waals surface area contributed by atoms with Gasteiger partial charge in [-0.25, -0.2) is 0 Å². The van der Waals surface area contributed by atoms with Crippen LogP contribution in [0.1, 0.15) is 5.56 Å². The molecule has 0 aromatic heterocycles. The summed E-state index contributed by atoms with van der Waals surface area (Å²) < 4.78 is 5.20. The second-order valence-electron chi connectivity index (χ2n) is 3.56. The van der Waals surface area contributed by atoms with Crippen LogP contribution >= 0.6 is 0 Å². The summed E-state index contributed by atoms with van der Waals surface area (Å²) in [6.45, 7) is 2.74. The van der Waals surface area contributed by atoms with Gasteiger partial charge in [-0.2, -0.15) is 0 Å². The van der Waals surface area contributed by atoms with Crippen LogP contribution in [0.15, 0.2) is 24.3 Å². The van der Waals surface area contributed by atoms with Gasteiger partial charge in [0.25, 0.3) is 0 Å². The number of rotatable bonds is 2. The number of amides is 1. The van der Waals surface area contributed by atoms with E-state index in [4.69, 9.17) is 4.74 Å². The Morgan fingerprint density at radius 2 is 2.20 bits per heavy atom. The molecule has 1 amide bonds. The van der Waals surface area contributed by atoms with Crippen molar-refractivity contribution in [3.05, 3.63) is 35.9 Å². The summed E-state index contributed by atoms with van der Waals surface area (Å²) in [5, 5.41) is 0. The molecule has 3 nitrogen and oxygen atoms in total. The fourth-order valence-corrected chi connectivity index (χ4v) is 1.63. The van der Waals surface area contributed by atoms with E-state index < -0.39 is 0 Å². The second-order valence-corrected chi connectivity index (χ2v) is 3.56. The van der Waals surface area contributed by atoms with Crippen LogP contribution in [0, 0.1) is 6.07 Å². The van der Waals surface area contributed by atoms with E-state index >= 15 is 0 Å². The van der Waals surface area contributed by atoms with E-state index in [0.717, 1.165) is 5.56 Å². The number of ether oxygens (including phenoxy) is 1. The van der Waals surface area contributed by atoms with Crippen LogP contribution in [-0.2, 0) is 16.0 Å². The average Bonchev–Trinajstić information content (AvgIpc) is 2.31. The van der Waals surface area contributed by atoms with E-state index in [0.29, 0.717) is 32.7 Å². The van der Waals surface area contributed by atoms with Gasteiger partial charge in [-0.3, -0.25) is 4.79 Å². The monoisotopic (exact) mass is 204 g/mol. The highest BCUT2D eigenvalue weighted by atomic mass is 16.5. The molecule has 1 aliphatic heterocycles. The van der Waals surface area contributed by atoms with Crippen molar-refractivity contribution in [1.29, 1.82) is 0 Å². The summed E-state index contributed by atoms with van der Waals surface area (Å²) in [4.78, 5) is 13.7. The third kappa shape index (κ3) is 2.80. The van der Waals surface area contributed by atoms with Gasteiger partial charge in [-0.05, 0) is 11.6 Å². The maximum Gasteiger partial charge on any atom is 0.227 e. The van der Waals surface area contributed by atoms with Crippen LogP contribution in [0.25, 0.3) is 0 Å². The maximum absolute atomic E-state index is 11.8. The van der Waals surface area contributed by atoms with Crippen molar-refractivity contribution in [2.45, 2.75) is 6.42 Å². The lowest BCUT2D eigenvalue weighted by molar-refractivity contribution is -0.134. The van der Waals surface area contributed by atoms with Crippen molar-refractivity contribution in [3.8, 4) is 0 Å². The average molecular weight is 204 g/mol. The van der Waals surface area contributed by atoms with Gasteiger partial charge in [0.1, 0.15) is 0 Å². The number of nitrogens with zero attached hydrogens (tertiary/aromatic N) is 1. The fraction of sp³-hybridized carbons (Fsp3) is 0.417. The summed E-state index contributed by atoms with van der Waals surface area (Å²) in [5.41, 5.74) is 0.953. The number of hydrogen-bond donors (Lipinski definition) is 0. The Kier molecular flexibility index (Phi) is 3.35. The Morgan fingerprint density at radius 3 is 2.87 bits per heavy atom. The molecule has 0 unspecified atom stereocenters. The van der Waals surface area contributed by atoms with Crippen molar-refractivity contribution >= 4 is 5.91 Å². The molecule has 1 radical (unpaired) electrons. The molecule has 1 heterocycles. The number of benzene rings is 1. The molecule has 2 rings (SSSR count). The molecule has 1 aliphatic rings. The zero-order valence-corrected chi connectivity index (χ0v) is 8.61. The largest absolute Gasteiger partial charge is 0.378 e. The van der Waals surface area contributed by atoms with E-state index in [1.54, 1.807) is 0 Å². The molecule has 0 saturated carbocycles. The zero-order valence-electron chi connectivity index (χ0n) is 8.61. The molecule has 0 N–H and O–H groups in total. The van der Waals surface area contributed by atoms with Gasteiger partial charge in [-0.1, -0.05) is 24.3 Å². The molecule has 0 spiro atoms. The lowest BCUT2D eigenvalue weighted by Gasteiger charge is -2.26. The van der Waals surface area contributed by atoms with Gasteiger partial charge in [0.05, 0.1) is 19.6 Å². The van der Waals surface area contributed by atoms with Gasteiger partial charge in [0.2, 0.25) is 5.91 Å². The minimum absolute atomic E-state index is 0.167. The lowest BCUT2D eigenvalue weighted by atomic mass is 10.1. The lowest BCUT2D eigenvalue weighted by Crippen LogP contribution is -2.41. The number of hydrogen-bond acceptors (Lipinski definition) is 2. The first kappa shape index (κ1) is 10.2. The van der Waals surface area contributed by atoms with E-state index in [9.17, 15) is 4.79 Å². The van der Waals surface area contributed by atoms with Crippen molar-refractivity contribution in [1.82, 2.24) is 4.90 Å². The Hall–Kier alpha value is -1.35. The Labute approximate surface area is 89.7 Å². The molecule has 0 atom stereocenters. The van der Waals surface area contributed by atoms with Gasteiger partial charge < -0.3 is 9.64 Å². The summed E-state index contributed by atoms with van der Waals surface area (Å²) in [6, 6.07) is 10.7. The van der Waals surface area contributed by atoms with Crippen molar-refractivity contribution in [3.63, 3.8) is 0 Å². The number of carbonyl (C=O) groups excluding carboxylic acids is 1. The van der Waals surface area contributed by atoms with Crippen LogP contribution in [-0.4, -0.2) is 37.1 Å². The van der Waals surface area contributed by atoms with Crippen molar-refractivity contribution < 1.29 is 9.53 Å². The van der Waals surface area contributed by atoms with Crippen LogP contribution in [0.4, 0.5) is 0 Å². The summed E-state index contributed by atoms with van der Waals surface area (Å²) in [6.07, 6.45) is 0.445. The molecule has 1 aromatic carbocycles. The van der Waals surface area contributed by atoms with Crippen molar-refractivity contribution in [2.24, 2.45) is 0 Å². The zero-order chi connectivity index (χ0) is 10.5. The minimum atomic E-state index is 0.167. The van der Waals surface area contributed by atoms with Gasteiger partial charge in [0.15, 0.2) is 0 Å². The summed E-state index contributed by atoms with van der Waals surface area (Å²) in [7, 11) is 0. The molecule has 15 heavy (non-hydrogen) atoms. The predicted molar refractivity (Wildman–Crippen MR) is 56.4 cm³/mol. The molecule has 0 aliphatic carbocycles. The van der Waals surface area contributed by atoms with E-state index in [2.05, 4.69) is 6.07 Å². The van der Waals surface area contributed by atoms with Gasteiger partial charge >= 0.3 is 0 Å². The van der Waals surface area contributed by atoms with Crippen LogP contribution in [0.2, 0.25) is 0 Å². The standard InChI is InChI=1S/C12H14NO2/c14-12(13-6-8-15-9-7-13)10-11-4-2-1-3-5-11/h1-4H,6-10H2. The Bertz CT molecular complexity index is 318. The molecule has 0 bridgehead atoms. The molecule has 1 fully saturated rings. The first-order valence-corrected chi connectivity index (χ1v) is 5.17. The van der Waals surface area contributed by atoms with E-state index in [-0.39, 0.29) is 5.91 Å². The Morgan fingerprint density at radius 1 is 1.40 bits per heavy atom. The summed E-state index contributed by atoms with van der Waals surface area (Å²) in [5.74, 6) is 0.167. The van der Waals surface area contributed by atoms with Crippen LogP contribution in [0.5, 0.6) is 0 Å². The highest BCUT2D eigenvalue weighted by Crippen LogP contribution is 2.04. The van der Waals surface area contributed by atoms with E-state index in [1.165, 1.54) is 0 Å². The third-order valence-corrected chi connectivity index (χ3v) is 2.48. The highest BCUT2D eigenvalue weighted by molar-refractivity contribution is 5.78. The minimum Gasteiger partial charge on any atom is -0.378 e. The molecule has 3 heteroatoms. The molecule has 79 valence electrons. The first-order valence-electron chi connectivity index (χ1n) is 5.17. The predicted octanol–water partition coefficient (Wildman–Crippen LogP) is 0.888. The molecule has 1 saturated heterocycles. The van der Waals surface area contributed by atoms with Crippen LogP contribution in [0.3, 0.4) is 0 Å². The molecule has 1 aromatic rings. The number of morpholine rings is 1. The number of carbonyl (C=O) groups is 1. The highest BCUT2D eigenvalue weighted by Gasteiger charge is 2.16. The Balaban J connectivity index is 1.91. The molecular weight excluding hydrogens is 190 g/mol. The van der Waals surface area contributed by atoms with Gasteiger partial charge in [-0.15, -0.1) is 0 Å².